The van der Waals surface area contributed by atoms with Gasteiger partial charge in [-0.25, -0.2) is 0 Å². The number of carbonyl (C=O) groups excluding carboxylic acids is 3. The average Bonchev–Trinajstić information content (AvgIpc) is 3.03. The molecule has 0 aromatic rings. The average molecular weight is 641 g/mol. The second-order valence-corrected chi connectivity index (χ2v) is 13.4. The van der Waals surface area contributed by atoms with Gasteiger partial charge < -0.3 is 9.47 Å². The van der Waals surface area contributed by atoms with Gasteiger partial charge in [-0.15, -0.1) is 0 Å². The summed E-state index contributed by atoms with van der Waals surface area (Å²) in [5, 5.41) is 0. The minimum atomic E-state index is -0.851. The van der Waals surface area contributed by atoms with Gasteiger partial charge in [0, 0.05) is 6.42 Å². The van der Waals surface area contributed by atoms with Crippen LogP contribution in [0.4, 0.5) is 0 Å². The minimum Gasteiger partial charge on any atom is -0.465 e. The first kappa shape index (κ1) is 39.2. The van der Waals surface area contributed by atoms with Crippen LogP contribution in [0.25, 0.3) is 0 Å². The number of ether oxygens (including phenoxy) is 2. The summed E-state index contributed by atoms with van der Waals surface area (Å²) in [4.78, 5) is 37.9. The molecule has 2 aliphatic carbocycles. The normalized spacial score (nSPS) is 20.7. The first-order chi connectivity index (χ1) is 22.3. The zero-order valence-electron chi connectivity index (χ0n) is 29.8. The van der Waals surface area contributed by atoms with E-state index in [1.54, 1.807) is 6.92 Å². The van der Waals surface area contributed by atoms with Crippen molar-refractivity contribution < 1.29 is 23.9 Å². The summed E-state index contributed by atoms with van der Waals surface area (Å²) >= 11 is 0. The number of ketones is 1. The van der Waals surface area contributed by atoms with E-state index in [1.165, 1.54) is 19.3 Å². The highest BCUT2D eigenvalue weighted by Gasteiger charge is 2.39. The lowest BCUT2D eigenvalue weighted by molar-refractivity contribution is -0.158. The Balaban J connectivity index is 1.90. The molecule has 2 aliphatic rings. The fourth-order valence-corrected chi connectivity index (χ4v) is 5.62. The van der Waals surface area contributed by atoms with Crippen LogP contribution in [0.3, 0.4) is 0 Å². The summed E-state index contributed by atoms with van der Waals surface area (Å²) < 4.78 is 11.0. The molecule has 1 fully saturated rings. The molecule has 0 spiro atoms. The van der Waals surface area contributed by atoms with Gasteiger partial charge in [0.25, 0.3) is 0 Å². The molecule has 0 radical (unpaired) electrons. The van der Waals surface area contributed by atoms with E-state index < -0.39 is 12.1 Å². The van der Waals surface area contributed by atoms with Gasteiger partial charge in [0.2, 0.25) is 0 Å². The number of esters is 2. The van der Waals surface area contributed by atoms with Gasteiger partial charge in [-0.3, -0.25) is 14.4 Å². The van der Waals surface area contributed by atoms with Crippen LogP contribution in [-0.4, -0.2) is 30.4 Å². The molecule has 254 valence electrons. The molecule has 0 N–H and O–H groups in total. The highest BCUT2D eigenvalue weighted by Crippen LogP contribution is 2.41. The minimum absolute atomic E-state index is 0.0332. The van der Waals surface area contributed by atoms with Crippen LogP contribution in [0.5, 0.6) is 0 Å². The molecule has 0 aromatic heterocycles. The SMILES string of the molecule is C=CC(C)=CC=CC(C)=CC=CC=C(C)C=CC=C(C)C=CC1=C(C)C(=O)C(OC(=O)CCC(=O)OCC2CCCCC2)CC1(C)C. The van der Waals surface area contributed by atoms with Crippen LogP contribution in [0.1, 0.15) is 99.8 Å². The number of rotatable bonds is 15. The molecule has 5 nitrogen and oxygen atoms in total. The smallest absolute Gasteiger partial charge is 0.307 e. The van der Waals surface area contributed by atoms with Gasteiger partial charge in [0.05, 0.1) is 19.4 Å². The van der Waals surface area contributed by atoms with Gasteiger partial charge in [0.15, 0.2) is 11.9 Å². The Hall–Kier alpha value is -3.99. The largest absolute Gasteiger partial charge is 0.465 e. The standard InChI is InChI=1S/C42H56O5/c1-9-31(2)19-15-20-32(3)17-13-14-18-33(4)21-16-22-34(5)25-26-37-35(6)41(45)38(29-42(37,7)8)47-40(44)28-27-39(43)46-30-36-23-11-10-12-24-36/h9,13-22,25-26,36,38H,1,10-12,23-24,27-30H2,2-8H3. The second kappa shape index (κ2) is 20.3. The molecule has 1 saturated carbocycles. The van der Waals surface area contributed by atoms with Gasteiger partial charge in [-0.2, -0.15) is 0 Å². The van der Waals surface area contributed by atoms with Gasteiger partial charge in [-0.1, -0.05) is 141 Å². The van der Waals surface area contributed by atoms with Crippen LogP contribution in [0.15, 0.2) is 119 Å². The van der Waals surface area contributed by atoms with Gasteiger partial charge >= 0.3 is 11.9 Å². The van der Waals surface area contributed by atoms with E-state index in [2.05, 4.69) is 58.6 Å². The second-order valence-electron chi connectivity index (χ2n) is 13.4. The van der Waals surface area contributed by atoms with E-state index in [-0.39, 0.29) is 30.0 Å². The molecule has 0 aliphatic heterocycles. The van der Waals surface area contributed by atoms with Crippen molar-refractivity contribution in [3.05, 3.63) is 119 Å². The fraction of sp³-hybridized carbons (Fsp3) is 0.452. The lowest BCUT2D eigenvalue weighted by Gasteiger charge is -2.36. The highest BCUT2D eigenvalue weighted by atomic mass is 16.5. The third-order valence-corrected chi connectivity index (χ3v) is 8.60. The van der Waals surface area contributed by atoms with Crippen molar-refractivity contribution in [2.75, 3.05) is 6.61 Å². The first-order valence-corrected chi connectivity index (χ1v) is 17.0. The maximum Gasteiger partial charge on any atom is 0.307 e. The van der Waals surface area contributed by atoms with Crippen LogP contribution in [0, 0.1) is 11.3 Å². The van der Waals surface area contributed by atoms with Gasteiger partial charge in [-0.05, 0) is 69.9 Å². The third kappa shape index (κ3) is 15.0. The lowest BCUT2D eigenvalue weighted by Crippen LogP contribution is -2.39. The Morgan fingerprint density at radius 2 is 1.32 bits per heavy atom. The van der Waals surface area contributed by atoms with E-state index in [4.69, 9.17) is 9.47 Å². The molecule has 2 rings (SSSR count). The Kier molecular flexibility index (Phi) is 16.9. The summed E-state index contributed by atoms with van der Waals surface area (Å²) in [6.45, 7) is 18.2. The Labute approximate surface area is 284 Å². The van der Waals surface area contributed by atoms with E-state index in [0.29, 0.717) is 24.5 Å². The van der Waals surface area contributed by atoms with E-state index in [1.807, 2.05) is 68.5 Å². The Morgan fingerprint density at radius 1 is 0.787 bits per heavy atom. The molecule has 5 heteroatoms. The molecule has 0 saturated heterocycles. The number of allylic oxidation sites excluding steroid dienone is 18. The Morgan fingerprint density at radius 3 is 1.91 bits per heavy atom. The van der Waals surface area contributed by atoms with E-state index >= 15 is 0 Å². The monoisotopic (exact) mass is 640 g/mol. The van der Waals surface area contributed by atoms with Crippen molar-refractivity contribution in [3.63, 3.8) is 0 Å². The maximum atomic E-state index is 13.2. The lowest BCUT2D eigenvalue weighted by atomic mass is 9.71. The number of Topliss-reactive ketones (excluding diaryl/α,β-unsaturated/α-hetero) is 1. The quantitative estimate of drug-likeness (QED) is 0.132. The highest BCUT2D eigenvalue weighted by molar-refractivity contribution is 6.01. The molecular formula is C42H56O5. The third-order valence-electron chi connectivity index (χ3n) is 8.60. The number of hydrogen-bond acceptors (Lipinski definition) is 5. The summed E-state index contributed by atoms with van der Waals surface area (Å²) in [6, 6.07) is 0. The molecule has 0 amide bonds. The number of carbonyl (C=O) groups is 3. The predicted octanol–water partition coefficient (Wildman–Crippen LogP) is 10.3. The van der Waals surface area contributed by atoms with Crippen molar-refractivity contribution >= 4 is 17.7 Å². The van der Waals surface area contributed by atoms with E-state index in [9.17, 15) is 14.4 Å². The van der Waals surface area contributed by atoms with Gasteiger partial charge in [0.1, 0.15) is 0 Å². The zero-order valence-corrected chi connectivity index (χ0v) is 29.8. The van der Waals surface area contributed by atoms with Crippen LogP contribution < -0.4 is 0 Å². The van der Waals surface area contributed by atoms with Crippen LogP contribution in [0.2, 0.25) is 0 Å². The van der Waals surface area contributed by atoms with E-state index in [0.717, 1.165) is 40.7 Å². The molecule has 47 heavy (non-hydrogen) atoms. The molecule has 1 unspecified atom stereocenters. The van der Waals surface area contributed by atoms with Crippen molar-refractivity contribution in [2.24, 2.45) is 11.3 Å². The summed E-state index contributed by atoms with van der Waals surface area (Å²) in [7, 11) is 0. The first-order valence-electron chi connectivity index (χ1n) is 17.0. The summed E-state index contributed by atoms with van der Waals surface area (Å²) in [5.41, 5.74) is 5.61. The summed E-state index contributed by atoms with van der Waals surface area (Å²) in [6.07, 6.45) is 31.4. The maximum absolute atomic E-state index is 13.2. The van der Waals surface area contributed by atoms with Crippen molar-refractivity contribution in [1.29, 1.82) is 0 Å². The summed E-state index contributed by atoms with van der Waals surface area (Å²) in [5.74, 6) is -0.691. The molecule has 0 bridgehead atoms. The Bertz CT molecular complexity index is 1390. The topological polar surface area (TPSA) is 69.7 Å². The molecule has 1 atom stereocenters. The van der Waals surface area contributed by atoms with Crippen molar-refractivity contribution in [1.82, 2.24) is 0 Å². The van der Waals surface area contributed by atoms with Crippen molar-refractivity contribution in [2.45, 2.75) is 106 Å². The predicted molar refractivity (Wildman–Crippen MR) is 195 cm³/mol. The van der Waals surface area contributed by atoms with Crippen LogP contribution >= 0.6 is 0 Å². The fourth-order valence-electron chi connectivity index (χ4n) is 5.62. The van der Waals surface area contributed by atoms with Crippen molar-refractivity contribution in [3.8, 4) is 0 Å². The molecule has 0 aromatic carbocycles. The van der Waals surface area contributed by atoms with Crippen LogP contribution in [-0.2, 0) is 23.9 Å². The molecular weight excluding hydrogens is 584 g/mol. The molecule has 0 heterocycles. The number of hydrogen-bond donors (Lipinski definition) is 0. The zero-order chi connectivity index (χ0) is 34.8.